The molecule has 0 aromatic heterocycles. The van der Waals surface area contributed by atoms with E-state index in [0.717, 1.165) is 11.1 Å². The average molecular weight is 290 g/mol. The Balaban J connectivity index is 2.57. The highest BCUT2D eigenvalue weighted by Gasteiger charge is 2.22. The molecule has 0 saturated carbocycles. The molecule has 3 N–H and O–H groups in total. The van der Waals surface area contributed by atoms with Crippen molar-refractivity contribution in [3.05, 3.63) is 58.9 Å². The summed E-state index contributed by atoms with van der Waals surface area (Å²) in [7, 11) is 3.17. The van der Waals surface area contributed by atoms with Crippen LogP contribution in [0.15, 0.2) is 36.4 Å². The van der Waals surface area contributed by atoms with Crippen molar-refractivity contribution in [2.45, 2.75) is 13.0 Å². The molecular weight excluding hydrogens is 271 g/mol. The van der Waals surface area contributed by atoms with Gasteiger partial charge in [0.15, 0.2) is 0 Å². The van der Waals surface area contributed by atoms with Gasteiger partial charge in [0, 0.05) is 0 Å². The quantitative estimate of drug-likeness (QED) is 0.656. The van der Waals surface area contributed by atoms with Gasteiger partial charge in [-0.2, -0.15) is 0 Å². The highest BCUT2D eigenvalue weighted by Crippen LogP contribution is 2.37. The van der Waals surface area contributed by atoms with Crippen LogP contribution < -0.4 is 20.7 Å². The Morgan fingerprint density at radius 1 is 1.10 bits per heavy atom. The number of rotatable bonds is 5. The molecular formula is C16H19FN2O2. The van der Waals surface area contributed by atoms with Gasteiger partial charge in [0.1, 0.15) is 17.3 Å². The molecule has 1 unspecified atom stereocenters. The van der Waals surface area contributed by atoms with E-state index in [2.05, 4.69) is 5.43 Å². The van der Waals surface area contributed by atoms with Crippen molar-refractivity contribution in [2.24, 2.45) is 5.84 Å². The molecule has 1 atom stereocenters. The van der Waals surface area contributed by atoms with Crippen LogP contribution in [0.5, 0.6) is 11.5 Å². The van der Waals surface area contributed by atoms with Gasteiger partial charge < -0.3 is 9.47 Å². The van der Waals surface area contributed by atoms with Crippen molar-refractivity contribution in [1.82, 2.24) is 5.43 Å². The molecule has 21 heavy (non-hydrogen) atoms. The number of halogens is 1. The monoisotopic (exact) mass is 290 g/mol. The van der Waals surface area contributed by atoms with Gasteiger partial charge in [-0.3, -0.25) is 5.84 Å². The van der Waals surface area contributed by atoms with Gasteiger partial charge in [0.2, 0.25) is 0 Å². The second kappa shape index (κ2) is 6.56. The van der Waals surface area contributed by atoms with Crippen LogP contribution in [0.2, 0.25) is 0 Å². The Labute approximate surface area is 123 Å². The summed E-state index contributed by atoms with van der Waals surface area (Å²) in [4.78, 5) is 0. The summed E-state index contributed by atoms with van der Waals surface area (Å²) < 4.78 is 24.3. The van der Waals surface area contributed by atoms with Crippen molar-refractivity contribution in [3.63, 3.8) is 0 Å². The molecule has 2 rings (SSSR count). The van der Waals surface area contributed by atoms with E-state index in [-0.39, 0.29) is 11.9 Å². The van der Waals surface area contributed by atoms with Crippen LogP contribution in [0.3, 0.4) is 0 Å². The van der Waals surface area contributed by atoms with Crippen molar-refractivity contribution < 1.29 is 13.9 Å². The van der Waals surface area contributed by atoms with Gasteiger partial charge in [-0.25, -0.2) is 9.82 Å². The highest BCUT2D eigenvalue weighted by molar-refractivity contribution is 5.50. The molecule has 5 heteroatoms. The second-order valence-electron chi connectivity index (χ2n) is 4.68. The fourth-order valence-corrected chi connectivity index (χ4v) is 2.36. The van der Waals surface area contributed by atoms with Gasteiger partial charge >= 0.3 is 0 Å². The van der Waals surface area contributed by atoms with E-state index in [0.29, 0.717) is 17.1 Å². The SMILES string of the molecule is COc1cccc(OC)c1C(NN)c1ccc(F)c(C)c1. The van der Waals surface area contributed by atoms with E-state index in [9.17, 15) is 4.39 Å². The van der Waals surface area contributed by atoms with Crippen LogP contribution in [-0.4, -0.2) is 14.2 Å². The smallest absolute Gasteiger partial charge is 0.127 e. The van der Waals surface area contributed by atoms with E-state index in [1.807, 2.05) is 18.2 Å². The minimum absolute atomic E-state index is 0.249. The summed E-state index contributed by atoms with van der Waals surface area (Å²) in [5.41, 5.74) is 4.91. The van der Waals surface area contributed by atoms with E-state index in [1.165, 1.54) is 6.07 Å². The lowest BCUT2D eigenvalue weighted by Crippen LogP contribution is -2.29. The topological polar surface area (TPSA) is 56.5 Å². The molecule has 0 saturated heterocycles. The van der Waals surface area contributed by atoms with Gasteiger partial charge in [-0.05, 0) is 36.2 Å². The molecule has 0 aliphatic carbocycles. The van der Waals surface area contributed by atoms with Crippen LogP contribution in [0.25, 0.3) is 0 Å². The van der Waals surface area contributed by atoms with Crippen LogP contribution in [0, 0.1) is 12.7 Å². The maximum atomic E-state index is 13.5. The summed E-state index contributed by atoms with van der Waals surface area (Å²) in [5.74, 6) is 6.77. The third-order valence-corrected chi connectivity index (χ3v) is 3.44. The lowest BCUT2D eigenvalue weighted by atomic mass is 9.96. The maximum Gasteiger partial charge on any atom is 0.127 e. The van der Waals surface area contributed by atoms with Gasteiger partial charge in [-0.1, -0.05) is 18.2 Å². The fraction of sp³-hybridized carbons (Fsp3) is 0.250. The zero-order valence-electron chi connectivity index (χ0n) is 12.3. The van der Waals surface area contributed by atoms with Crippen molar-refractivity contribution >= 4 is 0 Å². The summed E-state index contributed by atoms with van der Waals surface area (Å²) in [6.07, 6.45) is 0. The van der Waals surface area contributed by atoms with Gasteiger partial charge in [-0.15, -0.1) is 0 Å². The molecule has 2 aromatic carbocycles. The zero-order valence-corrected chi connectivity index (χ0v) is 12.3. The standard InChI is InChI=1S/C16H19FN2O2/c1-10-9-11(7-8-12(10)17)16(19-18)15-13(20-2)5-4-6-14(15)21-3/h4-9,16,19H,18H2,1-3H3. The minimum atomic E-state index is -0.365. The first-order valence-corrected chi connectivity index (χ1v) is 6.55. The van der Waals surface area contributed by atoms with Crippen LogP contribution in [-0.2, 0) is 0 Å². The number of hydrazine groups is 1. The van der Waals surface area contributed by atoms with E-state index >= 15 is 0 Å². The first-order valence-electron chi connectivity index (χ1n) is 6.55. The Morgan fingerprint density at radius 3 is 2.19 bits per heavy atom. The van der Waals surface area contributed by atoms with Crippen molar-refractivity contribution in [1.29, 1.82) is 0 Å². The highest BCUT2D eigenvalue weighted by atomic mass is 19.1. The van der Waals surface area contributed by atoms with E-state index < -0.39 is 0 Å². The molecule has 0 radical (unpaired) electrons. The average Bonchev–Trinajstić information content (AvgIpc) is 2.51. The number of nitrogens with one attached hydrogen (secondary N) is 1. The summed E-state index contributed by atoms with van der Waals surface area (Å²) in [6.45, 7) is 1.71. The Bertz CT molecular complexity index is 609. The third-order valence-electron chi connectivity index (χ3n) is 3.44. The minimum Gasteiger partial charge on any atom is -0.496 e. The first-order chi connectivity index (χ1) is 10.1. The summed E-state index contributed by atoms with van der Waals surface area (Å²) in [5, 5.41) is 0. The maximum absolute atomic E-state index is 13.5. The molecule has 4 nitrogen and oxygen atoms in total. The molecule has 0 heterocycles. The largest absolute Gasteiger partial charge is 0.496 e. The van der Waals surface area contributed by atoms with E-state index in [4.69, 9.17) is 15.3 Å². The van der Waals surface area contributed by atoms with Crippen LogP contribution in [0.1, 0.15) is 22.7 Å². The second-order valence-corrected chi connectivity index (χ2v) is 4.68. The third kappa shape index (κ3) is 2.99. The van der Waals surface area contributed by atoms with Crippen LogP contribution in [0.4, 0.5) is 4.39 Å². The number of hydrogen-bond acceptors (Lipinski definition) is 4. The number of aryl methyl sites for hydroxylation is 1. The number of nitrogens with two attached hydrogens (primary N) is 1. The van der Waals surface area contributed by atoms with Crippen LogP contribution >= 0.6 is 0 Å². The zero-order chi connectivity index (χ0) is 15.4. The number of methoxy groups -OCH3 is 2. The molecule has 0 fully saturated rings. The molecule has 0 spiro atoms. The molecule has 112 valence electrons. The fourth-order valence-electron chi connectivity index (χ4n) is 2.36. The summed E-state index contributed by atoms with van der Waals surface area (Å²) in [6, 6.07) is 10.0. The Hall–Kier alpha value is -2.11. The first kappa shape index (κ1) is 15.3. The number of benzene rings is 2. The molecule has 0 aliphatic rings. The Morgan fingerprint density at radius 2 is 1.71 bits per heavy atom. The van der Waals surface area contributed by atoms with Crippen molar-refractivity contribution in [2.75, 3.05) is 14.2 Å². The predicted molar refractivity (Wildman–Crippen MR) is 79.8 cm³/mol. The Kier molecular flexibility index (Phi) is 4.77. The van der Waals surface area contributed by atoms with E-state index in [1.54, 1.807) is 33.3 Å². The lowest BCUT2D eigenvalue weighted by Gasteiger charge is -2.22. The predicted octanol–water partition coefficient (Wildman–Crippen LogP) is 2.70. The molecule has 0 bridgehead atoms. The van der Waals surface area contributed by atoms with Crippen molar-refractivity contribution in [3.8, 4) is 11.5 Å². The van der Waals surface area contributed by atoms with Gasteiger partial charge in [0.05, 0.1) is 25.8 Å². The molecule has 0 amide bonds. The number of hydrogen-bond donors (Lipinski definition) is 2. The molecule has 2 aromatic rings. The molecule has 0 aliphatic heterocycles. The summed E-state index contributed by atoms with van der Waals surface area (Å²) >= 11 is 0. The number of ether oxygens (including phenoxy) is 2. The normalized spacial score (nSPS) is 12.0. The lowest BCUT2D eigenvalue weighted by molar-refractivity contribution is 0.377. The van der Waals surface area contributed by atoms with Gasteiger partial charge in [0.25, 0.3) is 0 Å².